The van der Waals surface area contributed by atoms with Crippen molar-refractivity contribution in [1.29, 1.82) is 0 Å². The summed E-state index contributed by atoms with van der Waals surface area (Å²) in [6, 6.07) is 5.43. The second kappa shape index (κ2) is 14.8. The Bertz CT molecular complexity index is 2200. The summed E-state index contributed by atoms with van der Waals surface area (Å²) in [5, 5.41) is 3.87. The molecule has 0 saturated carbocycles. The standard InChI is InChI=1S/C41H45F3N6O5/c1-7-28-31(43)13-12-25-18-27(54-37(51)24(2)3)19-29(32(25)28)34-33(44)35-30(21-45-34)36(49-16-9-8-10-17-50(49)39(52)55-40(4,5)6)47-38(46-35)53-23-41-14-11-15-48(41)22-26(42)20-41/h1,12-13,18-19,21,24,26H,8-11,14-17,20,22-23H2,2-6H3/t26-,41+/m1/s1. The van der Waals surface area contributed by atoms with E-state index in [4.69, 9.17) is 25.6 Å². The molecule has 0 spiro atoms. The molecule has 2 aromatic carbocycles. The number of halogens is 3. The second-order valence-corrected chi connectivity index (χ2v) is 15.9. The largest absolute Gasteiger partial charge is 0.461 e. The van der Waals surface area contributed by atoms with Crippen LogP contribution < -0.4 is 14.5 Å². The number of ether oxygens (including phenoxy) is 3. The molecule has 0 bridgehead atoms. The molecule has 7 rings (SSSR count). The van der Waals surface area contributed by atoms with Crippen molar-refractivity contribution in [2.45, 2.75) is 90.5 Å². The molecule has 4 aromatic rings. The van der Waals surface area contributed by atoms with Crippen LogP contribution in [0.2, 0.25) is 0 Å². The Morgan fingerprint density at radius 2 is 1.85 bits per heavy atom. The highest BCUT2D eigenvalue weighted by molar-refractivity contribution is 6.03. The third-order valence-corrected chi connectivity index (χ3v) is 10.4. The highest BCUT2D eigenvalue weighted by atomic mass is 19.1. The number of fused-ring (bicyclic) bond motifs is 3. The van der Waals surface area contributed by atoms with E-state index < -0.39 is 46.9 Å². The van der Waals surface area contributed by atoms with E-state index in [0.717, 1.165) is 25.8 Å². The first-order valence-corrected chi connectivity index (χ1v) is 18.8. The van der Waals surface area contributed by atoms with Crippen molar-refractivity contribution < 1.29 is 37.0 Å². The second-order valence-electron chi connectivity index (χ2n) is 15.9. The van der Waals surface area contributed by atoms with Crippen molar-refractivity contribution in [3.63, 3.8) is 0 Å². The van der Waals surface area contributed by atoms with E-state index in [9.17, 15) is 14.0 Å². The number of esters is 1. The van der Waals surface area contributed by atoms with Gasteiger partial charge in [0.05, 0.1) is 22.4 Å². The van der Waals surface area contributed by atoms with Gasteiger partial charge in [-0.1, -0.05) is 25.8 Å². The molecule has 3 aliphatic heterocycles. The lowest BCUT2D eigenvalue weighted by Gasteiger charge is -2.36. The molecule has 2 aromatic heterocycles. The number of pyridine rings is 1. The molecular weight excluding hydrogens is 713 g/mol. The fraction of sp³-hybridized carbons (Fsp3) is 0.488. The fourth-order valence-electron chi connectivity index (χ4n) is 7.82. The maximum Gasteiger partial charge on any atom is 0.429 e. The SMILES string of the molecule is C#Cc1c(F)ccc2cc(OC(=O)C(C)C)cc(-c3ncc4c(N5CCCCCN5C(=O)OC(C)(C)C)nc(OC[C@@]56CCCN5C[C@H](F)C6)nc4c3F)c12. The van der Waals surface area contributed by atoms with Crippen molar-refractivity contribution in [2.75, 3.05) is 37.8 Å². The molecular formula is C41H45F3N6O5. The monoisotopic (exact) mass is 758 g/mol. The maximum absolute atomic E-state index is 17.4. The number of amides is 1. The molecule has 1 amide bonds. The van der Waals surface area contributed by atoms with Gasteiger partial charge in [0.1, 0.15) is 41.2 Å². The Morgan fingerprint density at radius 3 is 2.60 bits per heavy atom. The summed E-state index contributed by atoms with van der Waals surface area (Å²) in [7, 11) is 0. The first-order chi connectivity index (χ1) is 26.2. The minimum Gasteiger partial charge on any atom is -0.461 e. The topological polar surface area (TPSA) is 110 Å². The van der Waals surface area contributed by atoms with Crippen LogP contribution >= 0.6 is 0 Å². The van der Waals surface area contributed by atoms with Crippen LogP contribution in [0.25, 0.3) is 32.9 Å². The fourth-order valence-corrected chi connectivity index (χ4v) is 7.82. The van der Waals surface area contributed by atoms with E-state index in [0.29, 0.717) is 44.3 Å². The van der Waals surface area contributed by atoms with Crippen LogP contribution in [-0.4, -0.2) is 87.0 Å². The van der Waals surface area contributed by atoms with Crippen LogP contribution in [-0.2, 0) is 9.53 Å². The number of carbonyl (C=O) groups is 2. The number of aromatic nitrogens is 3. The number of benzene rings is 2. The summed E-state index contributed by atoms with van der Waals surface area (Å²) >= 11 is 0. The number of rotatable bonds is 7. The summed E-state index contributed by atoms with van der Waals surface area (Å²) < 4.78 is 65.0. The third-order valence-electron chi connectivity index (χ3n) is 10.4. The van der Waals surface area contributed by atoms with E-state index in [1.807, 2.05) is 0 Å². The predicted octanol–water partition coefficient (Wildman–Crippen LogP) is 7.76. The number of anilines is 1. The van der Waals surface area contributed by atoms with E-state index in [1.54, 1.807) is 39.6 Å². The van der Waals surface area contributed by atoms with Crippen molar-refractivity contribution in [2.24, 2.45) is 5.92 Å². The van der Waals surface area contributed by atoms with Crippen molar-refractivity contribution in [3.8, 4) is 35.4 Å². The average Bonchev–Trinajstić information content (AvgIpc) is 3.53. The summed E-state index contributed by atoms with van der Waals surface area (Å²) in [6.45, 7) is 10.5. The van der Waals surface area contributed by atoms with Gasteiger partial charge in [-0.25, -0.2) is 23.0 Å². The molecule has 0 unspecified atom stereocenters. The molecule has 0 radical (unpaired) electrons. The van der Waals surface area contributed by atoms with E-state index in [-0.39, 0.29) is 57.3 Å². The molecule has 2 atom stereocenters. The minimum atomic E-state index is -0.995. The van der Waals surface area contributed by atoms with E-state index in [2.05, 4.69) is 20.8 Å². The van der Waals surface area contributed by atoms with Gasteiger partial charge in [-0.3, -0.25) is 19.7 Å². The Morgan fingerprint density at radius 1 is 1.07 bits per heavy atom. The highest BCUT2D eigenvalue weighted by Crippen LogP contribution is 2.42. The first kappa shape index (κ1) is 38.1. The molecule has 11 nitrogen and oxygen atoms in total. The third kappa shape index (κ3) is 7.46. The number of alkyl halides is 1. The van der Waals surface area contributed by atoms with Crippen LogP contribution in [0.4, 0.5) is 23.8 Å². The van der Waals surface area contributed by atoms with Crippen LogP contribution in [0.15, 0.2) is 30.5 Å². The quantitative estimate of drug-likeness (QED) is 0.105. The maximum atomic E-state index is 17.4. The van der Waals surface area contributed by atoms with E-state index >= 15 is 8.78 Å². The minimum absolute atomic E-state index is 0.0733. The number of hydrazine groups is 1. The normalized spacial score (nSPS) is 20.5. The number of hydrogen-bond acceptors (Lipinski definition) is 10. The molecule has 3 aliphatic rings. The van der Waals surface area contributed by atoms with Crippen LogP contribution in [0.5, 0.6) is 11.8 Å². The molecule has 0 aliphatic carbocycles. The highest BCUT2D eigenvalue weighted by Gasteiger charge is 2.49. The summed E-state index contributed by atoms with van der Waals surface area (Å²) in [5.74, 6) is 0.0432. The van der Waals surface area contributed by atoms with Crippen LogP contribution in [0, 0.1) is 29.9 Å². The molecule has 55 heavy (non-hydrogen) atoms. The number of hydrogen-bond donors (Lipinski definition) is 0. The van der Waals surface area contributed by atoms with E-state index in [1.165, 1.54) is 35.5 Å². The summed E-state index contributed by atoms with van der Waals surface area (Å²) in [6.07, 6.45) is 9.71. The lowest BCUT2D eigenvalue weighted by molar-refractivity contribution is -0.137. The lowest BCUT2D eigenvalue weighted by Crippen LogP contribution is -2.49. The summed E-state index contributed by atoms with van der Waals surface area (Å²) in [4.78, 5) is 42.3. The molecule has 3 fully saturated rings. The van der Waals surface area contributed by atoms with Gasteiger partial charge in [0.25, 0.3) is 0 Å². The Hall–Kier alpha value is -5.16. The predicted molar refractivity (Wildman–Crippen MR) is 201 cm³/mol. The molecule has 3 saturated heterocycles. The van der Waals surface area contributed by atoms with Crippen molar-refractivity contribution in [3.05, 3.63) is 47.7 Å². The molecule has 290 valence electrons. The number of carbonyl (C=O) groups excluding carboxylic acids is 2. The van der Waals surface area contributed by atoms with Gasteiger partial charge in [-0.05, 0) is 83.0 Å². The Kier molecular flexibility index (Phi) is 10.3. The lowest BCUT2D eigenvalue weighted by atomic mass is 9.95. The smallest absolute Gasteiger partial charge is 0.429 e. The molecule has 5 heterocycles. The zero-order chi connectivity index (χ0) is 39.2. The average molecular weight is 759 g/mol. The zero-order valence-corrected chi connectivity index (χ0v) is 31.8. The van der Waals surface area contributed by atoms with Crippen molar-refractivity contribution >= 4 is 39.6 Å². The van der Waals surface area contributed by atoms with Gasteiger partial charge in [-0.15, -0.1) is 6.42 Å². The Balaban J connectivity index is 1.42. The van der Waals surface area contributed by atoms with Gasteiger partial charge in [0, 0.05) is 43.2 Å². The van der Waals surface area contributed by atoms with Crippen LogP contribution in [0.3, 0.4) is 0 Å². The molecule has 0 N–H and O–H groups in total. The van der Waals surface area contributed by atoms with Crippen molar-refractivity contribution in [1.82, 2.24) is 24.9 Å². The first-order valence-electron chi connectivity index (χ1n) is 18.8. The Labute approximate surface area is 318 Å². The number of nitrogens with zero attached hydrogens (tertiary/aromatic N) is 6. The number of terminal acetylenes is 1. The van der Waals surface area contributed by atoms with Gasteiger partial charge in [-0.2, -0.15) is 9.97 Å². The van der Waals surface area contributed by atoms with Gasteiger partial charge in [0.15, 0.2) is 11.6 Å². The summed E-state index contributed by atoms with van der Waals surface area (Å²) in [5.41, 5.74) is -1.82. The zero-order valence-electron chi connectivity index (χ0n) is 31.8. The van der Waals surface area contributed by atoms with Gasteiger partial charge < -0.3 is 14.2 Å². The van der Waals surface area contributed by atoms with Gasteiger partial charge in [0.2, 0.25) is 0 Å². The molecule has 14 heteroatoms. The van der Waals surface area contributed by atoms with Gasteiger partial charge >= 0.3 is 18.1 Å². The van der Waals surface area contributed by atoms with Crippen LogP contribution in [0.1, 0.15) is 78.7 Å².